The highest BCUT2D eigenvalue weighted by atomic mass is 79.9. The molecule has 2 fully saturated rings. The van der Waals surface area contributed by atoms with Gasteiger partial charge in [0.15, 0.2) is 0 Å². The Labute approximate surface area is 126 Å². The van der Waals surface area contributed by atoms with E-state index in [1.807, 2.05) is 0 Å². The summed E-state index contributed by atoms with van der Waals surface area (Å²) < 4.78 is 33.7. The second kappa shape index (κ2) is 5.38. The molecule has 7 heteroatoms. The van der Waals surface area contributed by atoms with Crippen LogP contribution in [0, 0.1) is 0 Å². The Hall–Kier alpha value is -0.470. The van der Waals surface area contributed by atoms with E-state index in [4.69, 9.17) is 9.84 Å². The van der Waals surface area contributed by atoms with E-state index < -0.39 is 10.0 Å². The molecule has 1 aromatic rings. The third-order valence-electron chi connectivity index (χ3n) is 3.88. The number of aliphatic hydroxyl groups is 1. The fraction of sp³-hybridized carbons (Fsp3) is 0.538. The summed E-state index contributed by atoms with van der Waals surface area (Å²) in [4.78, 5) is 0.192. The van der Waals surface area contributed by atoms with Crippen LogP contribution in [-0.4, -0.2) is 31.8 Å². The van der Waals surface area contributed by atoms with Crippen LogP contribution in [-0.2, 0) is 21.4 Å². The lowest BCUT2D eigenvalue weighted by atomic mass is 9.96. The van der Waals surface area contributed by atoms with Crippen molar-refractivity contribution in [3.8, 4) is 0 Å². The first-order valence-electron chi connectivity index (χ1n) is 6.56. The van der Waals surface area contributed by atoms with Gasteiger partial charge >= 0.3 is 0 Å². The molecule has 3 atom stereocenters. The molecular formula is C13H16BrNO4S. The van der Waals surface area contributed by atoms with Crippen LogP contribution in [0.5, 0.6) is 0 Å². The van der Waals surface area contributed by atoms with Gasteiger partial charge in [0.1, 0.15) is 0 Å². The highest BCUT2D eigenvalue weighted by molar-refractivity contribution is 9.10. The Balaban J connectivity index is 1.81. The Morgan fingerprint density at radius 2 is 2.20 bits per heavy atom. The first-order valence-corrected chi connectivity index (χ1v) is 8.84. The minimum Gasteiger partial charge on any atom is -0.392 e. The lowest BCUT2D eigenvalue weighted by molar-refractivity contribution is 0.0996. The number of sulfonamides is 1. The lowest BCUT2D eigenvalue weighted by Crippen LogP contribution is -2.41. The van der Waals surface area contributed by atoms with Crippen LogP contribution in [0.25, 0.3) is 0 Å². The number of rotatable bonds is 4. The average Bonchev–Trinajstić information content (AvgIpc) is 2.99. The molecule has 0 spiro atoms. The van der Waals surface area contributed by atoms with Crippen molar-refractivity contribution in [1.82, 2.24) is 4.72 Å². The summed E-state index contributed by atoms with van der Waals surface area (Å²) in [5, 5.41) is 9.05. The summed E-state index contributed by atoms with van der Waals surface area (Å²) >= 11 is 3.25. The molecular weight excluding hydrogens is 346 g/mol. The predicted molar refractivity (Wildman–Crippen MR) is 76.7 cm³/mol. The van der Waals surface area contributed by atoms with E-state index in [1.165, 1.54) is 6.07 Å². The first kappa shape index (κ1) is 14.5. The quantitative estimate of drug-likeness (QED) is 0.852. The number of hydrogen-bond donors (Lipinski definition) is 2. The monoisotopic (exact) mass is 361 g/mol. The third-order valence-corrected chi connectivity index (χ3v) is 6.35. The Morgan fingerprint density at radius 3 is 2.75 bits per heavy atom. The van der Waals surface area contributed by atoms with Crippen LogP contribution < -0.4 is 4.72 Å². The number of aliphatic hydroxyl groups excluding tert-OH is 1. The molecule has 0 amide bonds. The molecule has 2 saturated heterocycles. The molecule has 3 unspecified atom stereocenters. The van der Waals surface area contributed by atoms with Crippen LogP contribution in [0.2, 0.25) is 0 Å². The van der Waals surface area contributed by atoms with E-state index in [-0.39, 0.29) is 29.8 Å². The minimum absolute atomic E-state index is 0.00488. The summed E-state index contributed by atoms with van der Waals surface area (Å²) in [6.07, 6.45) is 2.90. The van der Waals surface area contributed by atoms with Crippen molar-refractivity contribution in [3.63, 3.8) is 0 Å². The van der Waals surface area contributed by atoms with Crippen molar-refractivity contribution < 1.29 is 18.3 Å². The fourth-order valence-electron chi connectivity index (χ4n) is 2.89. The number of benzene rings is 1. The zero-order valence-electron chi connectivity index (χ0n) is 10.8. The molecule has 2 aliphatic heterocycles. The second-order valence-corrected chi connectivity index (χ2v) is 7.80. The van der Waals surface area contributed by atoms with Gasteiger partial charge in [-0.05, 0) is 52.9 Å². The zero-order valence-corrected chi connectivity index (χ0v) is 13.2. The van der Waals surface area contributed by atoms with Gasteiger partial charge in [-0.15, -0.1) is 0 Å². The molecule has 2 aliphatic rings. The van der Waals surface area contributed by atoms with E-state index in [0.29, 0.717) is 10.0 Å². The number of fused-ring (bicyclic) bond motifs is 2. The van der Waals surface area contributed by atoms with Crippen molar-refractivity contribution >= 4 is 26.0 Å². The molecule has 110 valence electrons. The van der Waals surface area contributed by atoms with Crippen molar-refractivity contribution in [1.29, 1.82) is 0 Å². The van der Waals surface area contributed by atoms with Crippen LogP contribution >= 0.6 is 15.9 Å². The maximum atomic E-state index is 12.4. The van der Waals surface area contributed by atoms with E-state index >= 15 is 0 Å². The molecule has 1 aromatic carbocycles. The maximum absolute atomic E-state index is 12.4. The SMILES string of the molecule is O=S(=O)(NC1CC2CCC1O2)c1ccc(CO)cc1Br. The molecule has 2 N–H and O–H groups in total. The number of halogens is 1. The highest BCUT2D eigenvalue weighted by Crippen LogP contribution is 2.35. The summed E-state index contributed by atoms with van der Waals surface area (Å²) in [5.41, 5.74) is 0.666. The lowest BCUT2D eigenvalue weighted by Gasteiger charge is -2.20. The van der Waals surface area contributed by atoms with Crippen molar-refractivity contribution in [2.24, 2.45) is 0 Å². The molecule has 2 bridgehead atoms. The van der Waals surface area contributed by atoms with E-state index in [9.17, 15) is 8.42 Å². The number of ether oxygens (including phenoxy) is 1. The second-order valence-electron chi connectivity index (χ2n) is 5.26. The molecule has 0 aliphatic carbocycles. The smallest absolute Gasteiger partial charge is 0.242 e. The van der Waals surface area contributed by atoms with E-state index in [0.717, 1.165) is 19.3 Å². The summed E-state index contributed by atoms with van der Waals surface area (Å²) in [5.74, 6) is 0. The van der Waals surface area contributed by atoms with Gasteiger partial charge in [0.2, 0.25) is 10.0 Å². The summed E-state index contributed by atoms with van der Waals surface area (Å²) in [6.45, 7) is -0.118. The van der Waals surface area contributed by atoms with Gasteiger partial charge in [0.05, 0.1) is 29.8 Å². The Kier molecular flexibility index (Phi) is 3.89. The van der Waals surface area contributed by atoms with Gasteiger partial charge in [0.25, 0.3) is 0 Å². The van der Waals surface area contributed by atoms with Gasteiger partial charge in [-0.1, -0.05) is 6.07 Å². The van der Waals surface area contributed by atoms with Gasteiger partial charge in [-0.2, -0.15) is 0 Å². The molecule has 0 saturated carbocycles. The van der Waals surface area contributed by atoms with Gasteiger partial charge < -0.3 is 9.84 Å². The summed E-state index contributed by atoms with van der Waals surface area (Å²) in [6, 6.07) is 4.59. The molecule has 20 heavy (non-hydrogen) atoms. The third kappa shape index (κ3) is 2.65. The minimum atomic E-state index is -3.58. The van der Waals surface area contributed by atoms with Gasteiger partial charge in [0, 0.05) is 4.47 Å². The maximum Gasteiger partial charge on any atom is 0.242 e. The standard InChI is InChI=1S/C13H16BrNO4S/c14-10-5-8(7-16)1-4-13(10)20(17,18)15-11-6-9-2-3-12(11)19-9/h1,4-5,9,11-12,15-16H,2-3,6-7H2. The normalized spacial score (nSPS) is 29.0. The van der Waals surface area contributed by atoms with Gasteiger partial charge in [-0.3, -0.25) is 0 Å². The molecule has 3 rings (SSSR count). The molecule has 2 heterocycles. The number of nitrogens with one attached hydrogen (secondary N) is 1. The van der Waals surface area contributed by atoms with Gasteiger partial charge in [-0.25, -0.2) is 13.1 Å². The Bertz CT molecular complexity index is 619. The van der Waals surface area contributed by atoms with Crippen LogP contribution in [0.1, 0.15) is 24.8 Å². The molecule has 5 nitrogen and oxygen atoms in total. The first-order chi connectivity index (χ1) is 9.49. The summed E-state index contributed by atoms with van der Waals surface area (Å²) in [7, 11) is -3.58. The van der Waals surface area contributed by atoms with Crippen LogP contribution in [0.4, 0.5) is 0 Å². The van der Waals surface area contributed by atoms with E-state index in [2.05, 4.69) is 20.7 Å². The van der Waals surface area contributed by atoms with Crippen molar-refractivity contribution in [3.05, 3.63) is 28.2 Å². The zero-order chi connectivity index (χ0) is 14.3. The number of hydrogen-bond acceptors (Lipinski definition) is 4. The van der Waals surface area contributed by atoms with Crippen LogP contribution in [0.15, 0.2) is 27.6 Å². The topological polar surface area (TPSA) is 75.6 Å². The van der Waals surface area contributed by atoms with Crippen molar-refractivity contribution in [2.75, 3.05) is 0 Å². The predicted octanol–water partition coefficient (Wildman–Crippen LogP) is 1.54. The largest absolute Gasteiger partial charge is 0.392 e. The molecule has 0 aromatic heterocycles. The van der Waals surface area contributed by atoms with Crippen molar-refractivity contribution in [2.45, 2.75) is 49.0 Å². The van der Waals surface area contributed by atoms with Crippen LogP contribution in [0.3, 0.4) is 0 Å². The highest BCUT2D eigenvalue weighted by Gasteiger charge is 2.42. The van der Waals surface area contributed by atoms with E-state index in [1.54, 1.807) is 12.1 Å². The fourth-order valence-corrected chi connectivity index (χ4v) is 5.29. The molecule has 0 radical (unpaired) electrons. The average molecular weight is 362 g/mol. The Morgan fingerprint density at radius 1 is 1.40 bits per heavy atom.